The second-order valence-corrected chi connectivity index (χ2v) is 4.01. The van der Waals surface area contributed by atoms with E-state index in [0.717, 1.165) is 11.8 Å². The van der Waals surface area contributed by atoms with Crippen LogP contribution in [0, 0.1) is 17.8 Å². The molecule has 0 bridgehead atoms. The van der Waals surface area contributed by atoms with E-state index in [0.29, 0.717) is 5.92 Å². The molecule has 1 rings (SSSR count). The minimum atomic E-state index is 0.698. The number of hydrogen-bond acceptors (Lipinski definition) is 0. The smallest absolute Gasteiger partial charge is 0.0169 e. The Morgan fingerprint density at radius 2 is 2.17 bits per heavy atom. The molecule has 3 unspecified atom stereocenters. The van der Waals surface area contributed by atoms with Gasteiger partial charge in [0.15, 0.2) is 0 Å². The average molecular weight is 164 g/mol. The molecule has 0 heteroatoms. The molecule has 0 spiro atoms. The summed E-state index contributed by atoms with van der Waals surface area (Å²) in [5, 5.41) is 0. The summed E-state index contributed by atoms with van der Waals surface area (Å²) < 4.78 is 0. The standard InChI is InChI=1S/C12H20/c1-5-6-9(2)11(4)12-8-7-10(12)3/h5-6,8-11H,7H2,1-4H3. The molecule has 12 heavy (non-hydrogen) atoms. The summed E-state index contributed by atoms with van der Waals surface area (Å²) in [7, 11) is 0. The third-order valence-electron chi connectivity index (χ3n) is 3.09. The Hall–Kier alpha value is -0.520. The molecule has 1 aliphatic carbocycles. The van der Waals surface area contributed by atoms with Gasteiger partial charge in [-0.2, -0.15) is 0 Å². The van der Waals surface area contributed by atoms with E-state index in [1.165, 1.54) is 6.42 Å². The molecular weight excluding hydrogens is 144 g/mol. The molecule has 0 amide bonds. The third kappa shape index (κ3) is 1.80. The fraction of sp³-hybridized carbons (Fsp3) is 0.667. The molecular formula is C12H20. The van der Waals surface area contributed by atoms with Crippen molar-refractivity contribution < 1.29 is 0 Å². The molecule has 0 radical (unpaired) electrons. The lowest BCUT2D eigenvalue weighted by atomic mass is 9.74. The van der Waals surface area contributed by atoms with Crippen LogP contribution in [0.15, 0.2) is 23.8 Å². The van der Waals surface area contributed by atoms with E-state index in [4.69, 9.17) is 0 Å². The summed E-state index contributed by atoms with van der Waals surface area (Å²) in [4.78, 5) is 0. The maximum Gasteiger partial charge on any atom is -0.0169 e. The lowest BCUT2D eigenvalue weighted by molar-refractivity contribution is 0.437. The molecule has 1 aliphatic rings. The Bertz CT molecular complexity index is 198. The summed E-state index contributed by atoms with van der Waals surface area (Å²) in [5.74, 6) is 2.28. The Kier molecular flexibility index (Phi) is 3.13. The van der Waals surface area contributed by atoms with Gasteiger partial charge in [-0.25, -0.2) is 0 Å². The van der Waals surface area contributed by atoms with Crippen LogP contribution in [0.1, 0.15) is 34.1 Å². The quantitative estimate of drug-likeness (QED) is 0.556. The van der Waals surface area contributed by atoms with Crippen molar-refractivity contribution >= 4 is 0 Å². The zero-order chi connectivity index (χ0) is 9.14. The van der Waals surface area contributed by atoms with Crippen molar-refractivity contribution in [2.45, 2.75) is 34.1 Å². The zero-order valence-corrected chi connectivity index (χ0v) is 8.67. The lowest BCUT2D eigenvalue weighted by Crippen LogP contribution is -2.19. The van der Waals surface area contributed by atoms with Crippen LogP contribution < -0.4 is 0 Å². The summed E-state index contributed by atoms with van der Waals surface area (Å²) in [6.45, 7) is 9.07. The molecule has 0 N–H and O–H groups in total. The highest BCUT2D eigenvalue weighted by Gasteiger charge is 2.23. The molecule has 0 aliphatic heterocycles. The Balaban J connectivity index is 2.52. The molecule has 0 nitrogen and oxygen atoms in total. The minimum absolute atomic E-state index is 0.698. The zero-order valence-electron chi connectivity index (χ0n) is 8.67. The first-order valence-electron chi connectivity index (χ1n) is 4.99. The first-order chi connectivity index (χ1) is 5.66. The van der Waals surface area contributed by atoms with Crippen LogP contribution >= 0.6 is 0 Å². The molecule has 0 aromatic heterocycles. The summed E-state index contributed by atoms with van der Waals surface area (Å²) in [5.41, 5.74) is 1.67. The Morgan fingerprint density at radius 1 is 1.50 bits per heavy atom. The summed E-state index contributed by atoms with van der Waals surface area (Å²) in [6.07, 6.45) is 8.15. The van der Waals surface area contributed by atoms with Crippen molar-refractivity contribution in [2.24, 2.45) is 17.8 Å². The van der Waals surface area contributed by atoms with Gasteiger partial charge in [-0.15, -0.1) is 0 Å². The molecule has 3 atom stereocenters. The predicted octanol–water partition coefficient (Wildman–Crippen LogP) is 3.80. The van der Waals surface area contributed by atoms with E-state index in [2.05, 4.69) is 45.9 Å². The van der Waals surface area contributed by atoms with E-state index in [9.17, 15) is 0 Å². The van der Waals surface area contributed by atoms with Crippen LogP contribution in [0.25, 0.3) is 0 Å². The van der Waals surface area contributed by atoms with Crippen molar-refractivity contribution in [3.63, 3.8) is 0 Å². The molecule has 0 saturated carbocycles. The van der Waals surface area contributed by atoms with Gasteiger partial charge in [0.25, 0.3) is 0 Å². The van der Waals surface area contributed by atoms with E-state index >= 15 is 0 Å². The molecule has 0 fully saturated rings. The van der Waals surface area contributed by atoms with Crippen LogP contribution in [-0.2, 0) is 0 Å². The van der Waals surface area contributed by atoms with Crippen LogP contribution in [0.2, 0.25) is 0 Å². The number of allylic oxidation sites excluding steroid dienone is 4. The molecule has 68 valence electrons. The minimum Gasteiger partial charge on any atom is -0.0914 e. The van der Waals surface area contributed by atoms with E-state index in [1.807, 2.05) is 0 Å². The van der Waals surface area contributed by atoms with E-state index in [-0.39, 0.29) is 0 Å². The molecule has 0 heterocycles. The Morgan fingerprint density at radius 3 is 2.50 bits per heavy atom. The van der Waals surface area contributed by atoms with Crippen molar-refractivity contribution in [2.75, 3.05) is 0 Å². The summed E-state index contributed by atoms with van der Waals surface area (Å²) in [6, 6.07) is 0. The highest BCUT2D eigenvalue weighted by atomic mass is 14.3. The maximum atomic E-state index is 2.40. The van der Waals surface area contributed by atoms with Gasteiger partial charge in [-0.1, -0.05) is 44.6 Å². The second kappa shape index (κ2) is 3.93. The van der Waals surface area contributed by atoms with E-state index in [1.54, 1.807) is 5.57 Å². The van der Waals surface area contributed by atoms with Crippen molar-refractivity contribution in [3.8, 4) is 0 Å². The van der Waals surface area contributed by atoms with Gasteiger partial charge >= 0.3 is 0 Å². The highest BCUT2D eigenvalue weighted by Crippen LogP contribution is 2.36. The molecule has 0 aromatic carbocycles. The van der Waals surface area contributed by atoms with Crippen LogP contribution in [0.3, 0.4) is 0 Å². The fourth-order valence-corrected chi connectivity index (χ4v) is 1.90. The second-order valence-electron chi connectivity index (χ2n) is 4.01. The van der Waals surface area contributed by atoms with Crippen LogP contribution in [0.5, 0.6) is 0 Å². The molecule has 0 saturated heterocycles. The van der Waals surface area contributed by atoms with Gasteiger partial charge in [0.05, 0.1) is 0 Å². The average Bonchev–Trinajstić information content (AvgIpc) is 2.02. The molecule has 0 aromatic rings. The van der Waals surface area contributed by atoms with Crippen LogP contribution in [-0.4, -0.2) is 0 Å². The van der Waals surface area contributed by atoms with E-state index < -0.39 is 0 Å². The first-order valence-corrected chi connectivity index (χ1v) is 4.99. The SMILES string of the molecule is CC=CC(C)C(C)C1=CCC1C. The summed E-state index contributed by atoms with van der Waals surface area (Å²) >= 11 is 0. The Labute approximate surface area is 76.4 Å². The number of hydrogen-bond donors (Lipinski definition) is 0. The van der Waals surface area contributed by atoms with Gasteiger partial charge in [0, 0.05) is 0 Å². The normalized spacial score (nSPS) is 28.0. The van der Waals surface area contributed by atoms with Crippen LogP contribution in [0.4, 0.5) is 0 Å². The monoisotopic (exact) mass is 164 g/mol. The first kappa shape index (κ1) is 9.57. The predicted molar refractivity (Wildman–Crippen MR) is 55.0 cm³/mol. The fourth-order valence-electron chi connectivity index (χ4n) is 1.90. The van der Waals surface area contributed by atoms with Gasteiger partial charge in [0.1, 0.15) is 0 Å². The lowest BCUT2D eigenvalue weighted by Gasteiger charge is -2.31. The van der Waals surface area contributed by atoms with Crippen molar-refractivity contribution in [3.05, 3.63) is 23.8 Å². The topological polar surface area (TPSA) is 0 Å². The van der Waals surface area contributed by atoms with Gasteiger partial charge < -0.3 is 0 Å². The van der Waals surface area contributed by atoms with Crippen molar-refractivity contribution in [1.82, 2.24) is 0 Å². The van der Waals surface area contributed by atoms with Gasteiger partial charge in [-0.3, -0.25) is 0 Å². The van der Waals surface area contributed by atoms with Crippen molar-refractivity contribution in [1.29, 1.82) is 0 Å². The largest absolute Gasteiger partial charge is 0.0914 e. The number of rotatable bonds is 3. The highest BCUT2D eigenvalue weighted by molar-refractivity contribution is 5.21. The maximum absolute atomic E-state index is 2.40. The van der Waals surface area contributed by atoms with Gasteiger partial charge in [0.2, 0.25) is 0 Å². The third-order valence-corrected chi connectivity index (χ3v) is 3.09. The van der Waals surface area contributed by atoms with Gasteiger partial charge in [-0.05, 0) is 31.1 Å².